The number of rotatable bonds is 8. The topological polar surface area (TPSA) is 52.7 Å². The lowest BCUT2D eigenvalue weighted by Gasteiger charge is -2.34. The van der Waals surface area contributed by atoms with Crippen LogP contribution < -0.4 is 5.32 Å². The Hall–Kier alpha value is -1.95. The van der Waals surface area contributed by atoms with Gasteiger partial charge in [-0.05, 0) is 69.0 Å². The summed E-state index contributed by atoms with van der Waals surface area (Å²) in [7, 11) is 0. The maximum atomic E-state index is 13.2. The van der Waals surface area contributed by atoms with Gasteiger partial charge in [0, 0.05) is 25.2 Å². The smallest absolute Gasteiger partial charge is 0.236 e. The second-order valence-electron chi connectivity index (χ2n) is 7.36. The Morgan fingerprint density at radius 3 is 2.70 bits per heavy atom. The van der Waals surface area contributed by atoms with Crippen molar-refractivity contribution in [2.75, 3.05) is 38.0 Å². The van der Waals surface area contributed by atoms with Crippen LogP contribution in [0.2, 0.25) is 0 Å². The number of anilines is 1. The van der Waals surface area contributed by atoms with Crippen molar-refractivity contribution in [2.45, 2.75) is 46.5 Å². The van der Waals surface area contributed by atoms with E-state index in [-0.39, 0.29) is 17.6 Å². The molecule has 0 bridgehead atoms. The molecule has 1 saturated heterocycles. The molecule has 1 fully saturated rings. The third-order valence-electron chi connectivity index (χ3n) is 5.37. The summed E-state index contributed by atoms with van der Waals surface area (Å²) >= 11 is 0. The Balaban J connectivity index is 1.79. The fraction of sp³-hybridized carbons (Fsp3) is 0.619. The average molecular weight is 378 g/mol. The fourth-order valence-corrected chi connectivity index (χ4v) is 3.58. The maximum absolute atomic E-state index is 13.2. The highest BCUT2D eigenvalue weighted by Gasteiger charge is 2.24. The van der Waals surface area contributed by atoms with E-state index in [1.54, 1.807) is 13.0 Å². The van der Waals surface area contributed by atoms with E-state index in [0.29, 0.717) is 30.1 Å². The molecule has 27 heavy (non-hydrogen) atoms. The molecule has 0 unspecified atom stereocenters. The molecular formula is C21H32FN3O2. The highest BCUT2D eigenvalue weighted by molar-refractivity contribution is 5.91. The van der Waals surface area contributed by atoms with Crippen LogP contribution in [0.15, 0.2) is 18.2 Å². The van der Waals surface area contributed by atoms with Crippen molar-refractivity contribution in [1.29, 1.82) is 0 Å². The number of amides is 2. The highest BCUT2D eigenvalue weighted by atomic mass is 19.1. The molecule has 6 heteroatoms. The molecule has 2 amide bonds. The molecule has 1 atom stereocenters. The largest absolute Gasteiger partial charge is 0.341 e. The van der Waals surface area contributed by atoms with Gasteiger partial charge in [-0.3, -0.25) is 14.5 Å². The molecular weight excluding hydrogens is 345 g/mol. The maximum Gasteiger partial charge on any atom is 0.236 e. The summed E-state index contributed by atoms with van der Waals surface area (Å²) in [5.74, 6) is 0.188. The van der Waals surface area contributed by atoms with Crippen LogP contribution >= 0.6 is 0 Å². The first kappa shape index (κ1) is 21.4. The first-order chi connectivity index (χ1) is 12.9. The molecule has 1 aliphatic heterocycles. The van der Waals surface area contributed by atoms with Gasteiger partial charge < -0.3 is 10.2 Å². The van der Waals surface area contributed by atoms with Crippen molar-refractivity contribution in [1.82, 2.24) is 9.80 Å². The number of likely N-dealkylation sites (tertiary alicyclic amines) is 1. The van der Waals surface area contributed by atoms with E-state index in [9.17, 15) is 14.0 Å². The van der Waals surface area contributed by atoms with Gasteiger partial charge in [0.25, 0.3) is 0 Å². The van der Waals surface area contributed by atoms with Crippen LogP contribution in [0.1, 0.15) is 45.1 Å². The van der Waals surface area contributed by atoms with Crippen molar-refractivity contribution >= 4 is 17.5 Å². The van der Waals surface area contributed by atoms with Crippen LogP contribution in [0.25, 0.3) is 0 Å². The van der Waals surface area contributed by atoms with Crippen LogP contribution in [0.4, 0.5) is 10.1 Å². The van der Waals surface area contributed by atoms with Crippen molar-refractivity contribution in [3.63, 3.8) is 0 Å². The summed E-state index contributed by atoms with van der Waals surface area (Å²) in [5.41, 5.74) is 1.37. The number of aryl methyl sites for hydroxylation is 1. The lowest BCUT2D eigenvalue weighted by Crippen LogP contribution is -2.45. The Bertz CT molecular complexity index is 646. The molecule has 1 aliphatic rings. The summed E-state index contributed by atoms with van der Waals surface area (Å²) < 4.78 is 13.2. The highest BCUT2D eigenvalue weighted by Crippen LogP contribution is 2.22. The second kappa shape index (κ2) is 10.4. The first-order valence-corrected chi connectivity index (χ1v) is 9.99. The van der Waals surface area contributed by atoms with Gasteiger partial charge in [-0.15, -0.1) is 0 Å². The van der Waals surface area contributed by atoms with Crippen LogP contribution in [0.5, 0.6) is 0 Å². The third-order valence-corrected chi connectivity index (χ3v) is 5.37. The number of halogens is 1. The predicted octanol–water partition coefficient (Wildman–Crippen LogP) is 3.43. The number of likely N-dealkylation sites (N-methyl/N-ethyl adjacent to an activating group) is 1. The predicted molar refractivity (Wildman–Crippen MR) is 106 cm³/mol. The molecule has 2 rings (SSSR count). The minimum atomic E-state index is -0.304. The molecule has 5 nitrogen and oxygen atoms in total. The number of nitrogens with one attached hydrogen (secondary N) is 1. The van der Waals surface area contributed by atoms with Gasteiger partial charge in [0.2, 0.25) is 11.8 Å². The SMILES string of the molecule is CCN(CC)CC(=O)N1CCC[C@H](CCC(=O)Nc2ccc(F)cc2C)C1. The number of piperidine rings is 1. The summed E-state index contributed by atoms with van der Waals surface area (Å²) in [6, 6.07) is 4.36. The monoisotopic (exact) mass is 377 g/mol. The minimum absolute atomic E-state index is 0.0590. The van der Waals surface area contributed by atoms with E-state index in [0.717, 1.165) is 45.4 Å². The number of nitrogens with zero attached hydrogens (tertiary/aromatic N) is 2. The van der Waals surface area contributed by atoms with Gasteiger partial charge >= 0.3 is 0 Å². The van der Waals surface area contributed by atoms with Crippen LogP contribution in [-0.2, 0) is 9.59 Å². The zero-order valence-electron chi connectivity index (χ0n) is 16.8. The molecule has 0 radical (unpaired) electrons. The quantitative estimate of drug-likeness (QED) is 0.755. The zero-order valence-corrected chi connectivity index (χ0v) is 16.8. The molecule has 0 aromatic heterocycles. The summed E-state index contributed by atoms with van der Waals surface area (Å²) in [6.07, 6.45) is 3.23. The van der Waals surface area contributed by atoms with Gasteiger partial charge in [-0.1, -0.05) is 13.8 Å². The standard InChI is InChI=1S/C21H32FN3O2/c1-4-24(5-2)15-21(27)25-12-6-7-17(14-25)8-11-20(26)23-19-10-9-18(22)13-16(19)3/h9-10,13,17H,4-8,11-12,14-15H2,1-3H3,(H,23,26)/t17-/m1/s1. The number of hydrogen-bond donors (Lipinski definition) is 1. The van der Waals surface area contributed by atoms with Crippen molar-refractivity contribution in [2.24, 2.45) is 5.92 Å². The fourth-order valence-electron chi connectivity index (χ4n) is 3.58. The lowest BCUT2D eigenvalue weighted by molar-refractivity contribution is -0.134. The van der Waals surface area contributed by atoms with Gasteiger partial charge in [0.15, 0.2) is 0 Å². The van der Waals surface area contributed by atoms with E-state index in [4.69, 9.17) is 0 Å². The van der Waals surface area contributed by atoms with Gasteiger partial charge in [-0.2, -0.15) is 0 Å². The van der Waals surface area contributed by atoms with Gasteiger partial charge in [-0.25, -0.2) is 4.39 Å². The number of benzene rings is 1. The van der Waals surface area contributed by atoms with Crippen molar-refractivity contribution in [3.8, 4) is 0 Å². The Kier molecular flexibility index (Phi) is 8.23. The van der Waals surface area contributed by atoms with Crippen molar-refractivity contribution in [3.05, 3.63) is 29.6 Å². The molecule has 0 saturated carbocycles. The van der Waals surface area contributed by atoms with Gasteiger partial charge in [0.05, 0.1) is 6.54 Å². The molecule has 1 aromatic carbocycles. The normalized spacial score (nSPS) is 17.2. The minimum Gasteiger partial charge on any atom is -0.341 e. The second-order valence-corrected chi connectivity index (χ2v) is 7.36. The number of carbonyl (C=O) groups is 2. The van der Waals surface area contributed by atoms with E-state index in [2.05, 4.69) is 24.1 Å². The average Bonchev–Trinajstić information content (AvgIpc) is 2.66. The molecule has 0 spiro atoms. The molecule has 1 heterocycles. The Labute approximate surface area is 161 Å². The van der Waals surface area contributed by atoms with E-state index >= 15 is 0 Å². The molecule has 1 aromatic rings. The number of carbonyl (C=O) groups excluding carboxylic acids is 2. The van der Waals surface area contributed by atoms with Crippen LogP contribution in [-0.4, -0.2) is 54.3 Å². The van der Waals surface area contributed by atoms with Crippen molar-refractivity contribution < 1.29 is 14.0 Å². The first-order valence-electron chi connectivity index (χ1n) is 9.99. The summed E-state index contributed by atoms with van der Waals surface area (Å²) in [4.78, 5) is 28.8. The van der Waals surface area contributed by atoms with E-state index < -0.39 is 0 Å². The van der Waals surface area contributed by atoms with E-state index in [1.807, 2.05) is 4.90 Å². The Morgan fingerprint density at radius 1 is 1.30 bits per heavy atom. The molecule has 1 N–H and O–H groups in total. The molecule has 0 aliphatic carbocycles. The van der Waals surface area contributed by atoms with E-state index in [1.165, 1.54) is 12.1 Å². The third kappa shape index (κ3) is 6.61. The summed E-state index contributed by atoms with van der Waals surface area (Å²) in [5, 5.41) is 2.86. The zero-order chi connectivity index (χ0) is 19.8. The molecule has 150 valence electrons. The van der Waals surface area contributed by atoms with Crippen LogP contribution in [0, 0.1) is 18.7 Å². The number of hydrogen-bond acceptors (Lipinski definition) is 3. The summed E-state index contributed by atoms with van der Waals surface area (Å²) in [6.45, 7) is 9.70. The van der Waals surface area contributed by atoms with Gasteiger partial charge in [0.1, 0.15) is 5.82 Å². The van der Waals surface area contributed by atoms with Crippen LogP contribution in [0.3, 0.4) is 0 Å². The lowest BCUT2D eigenvalue weighted by atomic mass is 9.93. The Morgan fingerprint density at radius 2 is 2.04 bits per heavy atom.